The normalized spacial score (nSPS) is 22.3. The summed E-state index contributed by atoms with van der Waals surface area (Å²) in [6.45, 7) is 16.0. The summed E-state index contributed by atoms with van der Waals surface area (Å²) in [7, 11) is 0. The Hall–Kier alpha value is -7.53. The lowest BCUT2D eigenvalue weighted by Crippen LogP contribution is -2.57. The van der Waals surface area contributed by atoms with Gasteiger partial charge in [0.1, 0.15) is 52.3 Å². The van der Waals surface area contributed by atoms with Gasteiger partial charge in [0, 0.05) is 97.8 Å². The summed E-state index contributed by atoms with van der Waals surface area (Å²) in [5, 5.41) is 12.9. The van der Waals surface area contributed by atoms with E-state index in [0.29, 0.717) is 48.1 Å². The smallest absolute Gasteiger partial charge is 0.410 e. The Kier molecular flexibility index (Phi) is 15.9. The van der Waals surface area contributed by atoms with Gasteiger partial charge in [0.2, 0.25) is 0 Å². The summed E-state index contributed by atoms with van der Waals surface area (Å²) in [6, 6.07) is 42.4. The number of fused-ring (bicyclic) bond motifs is 2. The van der Waals surface area contributed by atoms with Gasteiger partial charge in [-0.3, -0.25) is 9.80 Å². The number of ether oxygens (including phenoxy) is 3. The average molecular weight is 1070 g/mol. The third kappa shape index (κ3) is 12.2. The highest BCUT2D eigenvalue weighted by Crippen LogP contribution is 2.42. The van der Waals surface area contributed by atoms with E-state index in [2.05, 4.69) is 85.5 Å². The molecule has 16 nitrogen and oxygen atoms in total. The van der Waals surface area contributed by atoms with Gasteiger partial charge in [-0.1, -0.05) is 60.7 Å². The Bertz CT molecular complexity index is 3310. The number of piperazine rings is 2. The second-order valence-corrected chi connectivity index (χ2v) is 23.0. The van der Waals surface area contributed by atoms with Crippen LogP contribution in [0.4, 0.5) is 16.4 Å². The highest BCUT2D eigenvalue weighted by atomic mass is 16.6. The van der Waals surface area contributed by atoms with Gasteiger partial charge in [-0.05, 0) is 158 Å². The molecule has 79 heavy (non-hydrogen) atoms. The van der Waals surface area contributed by atoms with Gasteiger partial charge in [0.15, 0.2) is 11.6 Å². The maximum atomic E-state index is 12.7. The molecule has 412 valence electrons. The van der Waals surface area contributed by atoms with E-state index in [9.17, 15) is 4.79 Å². The minimum absolute atomic E-state index is 0.127. The molecule has 0 unspecified atom stereocenters. The van der Waals surface area contributed by atoms with Crippen LogP contribution in [-0.4, -0.2) is 119 Å². The van der Waals surface area contributed by atoms with Crippen molar-refractivity contribution in [1.29, 1.82) is 0 Å². The lowest BCUT2D eigenvalue weighted by atomic mass is 9.83. The lowest BCUT2D eigenvalue weighted by molar-refractivity contribution is -0.00756. The number of hydrogen-bond acceptors (Lipinski definition) is 13. The first-order valence-corrected chi connectivity index (χ1v) is 28.4. The number of anilines is 2. The molecule has 2 aliphatic heterocycles. The minimum atomic E-state index is -0.481. The van der Waals surface area contributed by atoms with Gasteiger partial charge >= 0.3 is 6.09 Å². The van der Waals surface area contributed by atoms with Crippen LogP contribution in [0.5, 0.6) is 23.0 Å². The molecule has 4 aromatic carbocycles. The first kappa shape index (κ1) is 53.5. The zero-order valence-electron chi connectivity index (χ0n) is 46.4. The lowest BCUT2D eigenvalue weighted by Gasteiger charge is -2.45. The number of rotatable bonds is 10. The number of carbonyl (C=O) groups excluding carboxylic acids is 1. The van der Waals surface area contributed by atoms with E-state index in [1.165, 1.54) is 37.1 Å². The van der Waals surface area contributed by atoms with Gasteiger partial charge in [-0.2, -0.15) is 10.2 Å². The highest BCUT2D eigenvalue weighted by Gasteiger charge is 2.36. The van der Waals surface area contributed by atoms with Crippen molar-refractivity contribution >= 4 is 28.8 Å². The molecule has 4 aromatic heterocycles. The van der Waals surface area contributed by atoms with Gasteiger partial charge < -0.3 is 35.9 Å². The van der Waals surface area contributed by atoms with Gasteiger partial charge in [0.25, 0.3) is 0 Å². The third-order valence-electron chi connectivity index (χ3n) is 16.5. The summed E-state index contributed by atoms with van der Waals surface area (Å²) in [5.74, 6) is 5.06. The molecule has 2 atom stereocenters. The topological polar surface area (TPSA) is 179 Å². The van der Waals surface area contributed by atoms with E-state index in [1.807, 2.05) is 120 Å². The fourth-order valence-electron chi connectivity index (χ4n) is 12.5. The van der Waals surface area contributed by atoms with Crippen LogP contribution in [0.3, 0.4) is 0 Å². The van der Waals surface area contributed by atoms with Gasteiger partial charge in [-0.25, -0.2) is 23.8 Å². The van der Waals surface area contributed by atoms with Crippen molar-refractivity contribution in [2.75, 3.05) is 50.7 Å². The van der Waals surface area contributed by atoms with Crippen molar-refractivity contribution in [3.63, 3.8) is 0 Å². The van der Waals surface area contributed by atoms with E-state index >= 15 is 0 Å². The second-order valence-electron chi connectivity index (χ2n) is 23.0. The molecule has 8 aromatic rings. The Morgan fingerprint density at radius 2 is 1.01 bits per heavy atom. The Balaban J connectivity index is 0.000000170. The minimum Gasteiger partial charge on any atom is -0.457 e. The van der Waals surface area contributed by atoms with Crippen LogP contribution in [0.15, 0.2) is 134 Å². The molecule has 6 heterocycles. The van der Waals surface area contributed by atoms with E-state index in [4.69, 9.17) is 25.7 Å². The largest absolute Gasteiger partial charge is 0.457 e. The molecule has 1 amide bonds. The van der Waals surface area contributed by atoms with E-state index in [0.717, 1.165) is 115 Å². The molecule has 0 bridgehead atoms. The number of nitrogens with one attached hydrogen (secondary N) is 1. The molecular formula is C63H76N12O4. The van der Waals surface area contributed by atoms with Crippen molar-refractivity contribution in [2.45, 2.75) is 128 Å². The summed E-state index contributed by atoms with van der Waals surface area (Å²) < 4.78 is 21.7. The molecule has 2 saturated heterocycles. The van der Waals surface area contributed by atoms with Crippen LogP contribution in [0, 0.1) is 0 Å². The monoisotopic (exact) mass is 1060 g/mol. The SMILES string of the molecule is C[C@H]1CN(C2CCC(c3cc(-c4ccc(Oc5ccccc5)cc4)c4c(N)ncnn34)CC2)CCN1.C[C@H]1CN(C2CCC(c3cc(-c4ccc(Oc5ccccc5)cc4)c4c(N)ncnn34)CC2)CCN1C(=O)OC(C)(C)C. The van der Waals surface area contributed by atoms with E-state index in [1.54, 1.807) is 12.7 Å². The van der Waals surface area contributed by atoms with E-state index < -0.39 is 5.60 Å². The maximum Gasteiger partial charge on any atom is 0.410 e. The standard InChI is InChI=1S/C34H42N6O3.C29H34N6O/c1-23-21-38(18-19-39(23)33(41)43-34(2,3)4)26-14-10-25(11-15-26)30-20-29(31-32(35)36-22-37-40(30)31)24-12-16-28(17-13-24)42-27-8-6-5-7-9-27;1-20-18-34(16-15-31-20)23-11-7-22(8-12-23)27-17-26(28-29(30)32-19-33-35(27)28)21-9-13-25(14-10-21)36-24-5-3-2-4-6-24/h5-9,12-13,16-17,20,22-23,25-26H,10-11,14-15,18-19,21H2,1-4H3,(H2,35,36,37);2-6,9-10,13-14,17,19-20,22-23,31H,7-8,11-12,15-16,18H2,1H3,(H2,30,32,33)/t23-,25?,26?;20-,22?,23?/m00/s1. The third-order valence-corrected chi connectivity index (χ3v) is 16.5. The first-order valence-electron chi connectivity index (χ1n) is 28.4. The van der Waals surface area contributed by atoms with Crippen molar-refractivity contribution in [3.05, 3.63) is 145 Å². The number of aromatic nitrogens is 6. The number of hydrogen-bond donors (Lipinski definition) is 3. The summed E-state index contributed by atoms with van der Waals surface area (Å²) in [4.78, 5) is 28.5. The molecular weight excluding hydrogens is 989 g/mol. The molecule has 12 rings (SSSR count). The van der Waals surface area contributed by atoms with Crippen LogP contribution in [0.1, 0.15) is 109 Å². The summed E-state index contributed by atoms with van der Waals surface area (Å²) >= 11 is 0. The van der Waals surface area contributed by atoms with Crippen LogP contribution < -0.4 is 26.3 Å². The van der Waals surface area contributed by atoms with Crippen molar-refractivity contribution in [1.82, 2.24) is 49.2 Å². The number of nitrogens with zero attached hydrogens (tertiary/aromatic N) is 9. The van der Waals surface area contributed by atoms with Crippen LogP contribution in [-0.2, 0) is 4.74 Å². The second kappa shape index (κ2) is 23.4. The zero-order valence-corrected chi connectivity index (χ0v) is 46.4. The van der Waals surface area contributed by atoms with Crippen LogP contribution in [0.2, 0.25) is 0 Å². The molecule has 16 heteroatoms. The summed E-state index contributed by atoms with van der Waals surface area (Å²) in [6.07, 6.45) is 12.1. The molecule has 0 spiro atoms. The summed E-state index contributed by atoms with van der Waals surface area (Å²) in [5.41, 5.74) is 20.8. The molecule has 2 aliphatic carbocycles. The van der Waals surface area contributed by atoms with Gasteiger partial charge in [-0.15, -0.1) is 0 Å². The Morgan fingerprint density at radius 1 is 0.570 bits per heavy atom. The Morgan fingerprint density at radius 3 is 1.44 bits per heavy atom. The fraction of sp³-hybridized carbons (Fsp3) is 0.413. The number of carbonyl (C=O) groups is 1. The van der Waals surface area contributed by atoms with Gasteiger partial charge in [0.05, 0.1) is 0 Å². The predicted molar refractivity (Wildman–Crippen MR) is 312 cm³/mol. The number of nitrogen functional groups attached to an aromatic ring is 2. The number of benzene rings is 4. The Labute approximate surface area is 464 Å². The molecule has 4 aliphatic rings. The van der Waals surface area contributed by atoms with Crippen LogP contribution in [0.25, 0.3) is 33.3 Å². The number of nitrogens with two attached hydrogens (primary N) is 2. The first-order chi connectivity index (χ1) is 38.3. The van der Waals surface area contributed by atoms with E-state index in [-0.39, 0.29) is 12.1 Å². The van der Waals surface area contributed by atoms with Crippen LogP contribution >= 0.6 is 0 Å². The highest BCUT2D eigenvalue weighted by molar-refractivity contribution is 5.89. The molecule has 2 saturated carbocycles. The number of amides is 1. The quantitative estimate of drug-likeness (QED) is 0.118. The zero-order chi connectivity index (χ0) is 54.6. The average Bonchev–Trinajstić information content (AvgIpc) is 4.25. The van der Waals surface area contributed by atoms with Crippen molar-refractivity contribution < 1.29 is 19.0 Å². The predicted octanol–water partition coefficient (Wildman–Crippen LogP) is 11.8. The van der Waals surface area contributed by atoms with Crippen molar-refractivity contribution in [3.8, 4) is 45.3 Å². The fourth-order valence-corrected chi connectivity index (χ4v) is 12.5. The molecule has 0 radical (unpaired) electrons. The maximum absolute atomic E-state index is 12.7. The number of para-hydroxylation sites is 2. The van der Waals surface area contributed by atoms with Crippen molar-refractivity contribution in [2.24, 2.45) is 0 Å². The molecule has 5 N–H and O–H groups in total. The molecule has 4 fully saturated rings.